The van der Waals surface area contributed by atoms with Crippen LogP contribution in [0.3, 0.4) is 0 Å². The Hall–Kier alpha value is -2.58. The number of alkyl halides is 3. The molecule has 2 aromatic rings. The Balaban J connectivity index is 1.54. The number of piperazine rings is 1. The topological polar surface area (TPSA) is 52.7 Å². The molecule has 1 unspecified atom stereocenters. The lowest BCUT2D eigenvalue weighted by molar-refractivity contribution is -0.138. The number of carbonyl (C=O) groups is 2. The van der Waals surface area contributed by atoms with Gasteiger partial charge in [-0.25, -0.2) is 0 Å². The van der Waals surface area contributed by atoms with Crippen molar-refractivity contribution in [1.82, 2.24) is 15.1 Å². The van der Waals surface area contributed by atoms with Gasteiger partial charge in [0.05, 0.1) is 23.7 Å². The highest BCUT2D eigenvalue weighted by atomic mass is 35.5. The van der Waals surface area contributed by atoms with Crippen LogP contribution in [-0.4, -0.2) is 54.3 Å². The van der Waals surface area contributed by atoms with E-state index in [0.717, 1.165) is 11.6 Å². The first kappa shape index (κ1) is 23.1. The number of hydrogen-bond acceptors (Lipinski definition) is 3. The van der Waals surface area contributed by atoms with E-state index in [1.165, 1.54) is 23.1 Å². The van der Waals surface area contributed by atoms with Gasteiger partial charge in [0.2, 0.25) is 5.91 Å². The van der Waals surface area contributed by atoms with Crippen molar-refractivity contribution in [2.75, 3.05) is 32.7 Å². The van der Waals surface area contributed by atoms with E-state index in [4.69, 9.17) is 11.6 Å². The highest BCUT2D eigenvalue weighted by Gasteiger charge is 2.36. The van der Waals surface area contributed by atoms with Crippen molar-refractivity contribution in [3.8, 4) is 0 Å². The minimum absolute atomic E-state index is 0.135. The number of amides is 2. The van der Waals surface area contributed by atoms with Gasteiger partial charge in [-0.15, -0.1) is 0 Å². The number of benzene rings is 2. The van der Waals surface area contributed by atoms with E-state index in [9.17, 15) is 22.8 Å². The van der Waals surface area contributed by atoms with Crippen molar-refractivity contribution in [3.63, 3.8) is 0 Å². The number of rotatable bonds is 5. The van der Waals surface area contributed by atoms with Gasteiger partial charge in [0.25, 0.3) is 5.91 Å². The van der Waals surface area contributed by atoms with Gasteiger partial charge in [-0.3, -0.25) is 14.5 Å². The van der Waals surface area contributed by atoms with Crippen LogP contribution in [0, 0.1) is 0 Å². The molecule has 1 N–H and O–H groups in total. The second kappa shape index (κ2) is 9.70. The van der Waals surface area contributed by atoms with Crippen LogP contribution in [0.25, 0.3) is 0 Å². The van der Waals surface area contributed by atoms with Crippen LogP contribution in [0.5, 0.6) is 0 Å². The fraction of sp³-hybridized carbons (Fsp3) is 0.364. The lowest BCUT2D eigenvalue weighted by atomic mass is 10.1. The van der Waals surface area contributed by atoms with Crippen LogP contribution in [0.15, 0.2) is 48.5 Å². The van der Waals surface area contributed by atoms with Gasteiger partial charge in [0.1, 0.15) is 0 Å². The molecule has 0 saturated carbocycles. The molecule has 2 aromatic carbocycles. The quantitative estimate of drug-likeness (QED) is 0.744. The Bertz CT molecular complexity index is 944. The molecule has 1 fully saturated rings. The predicted molar refractivity (Wildman–Crippen MR) is 112 cm³/mol. The van der Waals surface area contributed by atoms with Crippen molar-refractivity contribution in [1.29, 1.82) is 0 Å². The van der Waals surface area contributed by atoms with Gasteiger partial charge < -0.3 is 10.2 Å². The van der Waals surface area contributed by atoms with Crippen molar-refractivity contribution in [2.45, 2.75) is 19.1 Å². The van der Waals surface area contributed by atoms with E-state index < -0.39 is 17.6 Å². The van der Waals surface area contributed by atoms with Gasteiger partial charge in [-0.2, -0.15) is 13.2 Å². The second-order valence-corrected chi connectivity index (χ2v) is 7.83. The zero-order valence-electron chi connectivity index (χ0n) is 17.0. The largest absolute Gasteiger partial charge is 0.417 e. The van der Waals surface area contributed by atoms with Gasteiger partial charge in [-0.1, -0.05) is 41.9 Å². The first-order chi connectivity index (χ1) is 14.7. The van der Waals surface area contributed by atoms with Crippen molar-refractivity contribution in [2.24, 2.45) is 0 Å². The summed E-state index contributed by atoms with van der Waals surface area (Å²) in [6, 6.07) is 11.8. The summed E-state index contributed by atoms with van der Waals surface area (Å²) in [4.78, 5) is 28.3. The maximum absolute atomic E-state index is 13.2. The fourth-order valence-electron chi connectivity index (χ4n) is 3.59. The van der Waals surface area contributed by atoms with Gasteiger partial charge in [0.15, 0.2) is 0 Å². The third kappa shape index (κ3) is 5.77. The Morgan fingerprint density at radius 1 is 1.03 bits per heavy atom. The number of halogens is 4. The number of hydrogen-bond donors (Lipinski definition) is 1. The molecule has 1 aliphatic rings. The molecule has 1 atom stereocenters. The van der Waals surface area contributed by atoms with Crippen LogP contribution < -0.4 is 5.32 Å². The third-order valence-electron chi connectivity index (χ3n) is 5.24. The molecule has 5 nitrogen and oxygen atoms in total. The van der Waals surface area contributed by atoms with E-state index >= 15 is 0 Å². The number of nitrogens with zero attached hydrogens (tertiary/aromatic N) is 2. The molecule has 31 heavy (non-hydrogen) atoms. The normalized spacial score (nSPS) is 16.1. The fourth-order valence-corrected chi connectivity index (χ4v) is 3.89. The average Bonchev–Trinajstić information content (AvgIpc) is 2.73. The highest BCUT2D eigenvalue weighted by molar-refractivity contribution is 6.31. The summed E-state index contributed by atoms with van der Waals surface area (Å²) in [7, 11) is 0. The van der Waals surface area contributed by atoms with E-state index in [-0.39, 0.29) is 37.1 Å². The second-order valence-electron chi connectivity index (χ2n) is 7.42. The van der Waals surface area contributed by atoms with Crippen LogP contribution in [0.2, 0.25) is 5.02 Å². The Kier molecular flexibility index (Phi) is 7.23. The average molecular weight is 454 g/mol. The van der Waals surface area contributed by atoms with Crippen LogP contribution in [0.4, 0.5) is 13.2 Å². The molecule has 0 bridgehead atoms. The van der Waals surface area contributed by atoms with Gasteiger partial charge in [0, 0.05) is 31.2 Å². The monoisotopic (exact) mass is 453 g/mol. The smallest absolute Gasteiger partial charge is 0.348 e. The van der Waals surface area contributed by atoms with Crippen LogP contribution >= 0.6 is 11.6 Å². The minimum atomic E-state index is -4.59. The first-order valence-corrected chi connectivity index (χ1v) is 10.3. The summed E-state index contributed by atoms with van der Waals surface area (Å²) >= 11 is 6.16. The first-order valence-electron chi connectivity index (χ1n) is 9.88. The lowest BCUT2D eigenvalue weighted by Crippen LogP contribution is -2.51. The predicted octanol–water partition coefficient (Wildman–Crippen LogP) is 3.99. The Morgan fingerprint density at radius 2 is 1.65 bits per heavy atom. The maximum atomic E-state index is 13.2. The SMILES string of the molecule is CC(NC(=O)CN1CCN(C(=O)c2ccccc2C(F)(F)F)CC1)c1ccccc1Cl. The summed E-state index contributed by atoms with van der Waals surface area (Å²) in [5.41, 5.74) is -0.471. The van der Waals surface area contributed by atoms with Gasteiger partial charge in [-0.05, 0) is 30.7 Å². The van der Waals surface area contributed by atoms with E-state index in [0.29, 0.717) is 18.1 Å². The summed E-state index contributed by atoms with van der Waals surface area (Å²) in [5, 5.41) is 3.47. The van der Waals surface area contributed by atoms with E-state index in [2.05, 4.69) is 5.32 Å². The standard InChI is InChI=1S/C22H23ClF3N3O2/c1-15(16-6-3-5-9-19(16)23)27-20(30)14-28-10-12-29(13-11-28)21(31)17-7-2-4-8-18(17)22(24,25)26/h2-9,15H,10-14H2,1H3,(H,27,30). The van der Waals surface area contributed by atoms with E-state index in [1.807, 2.05) is 30.0 Å². The molecule has 9 heteroatoms. The maximum Gasteiger partial charge on any atom is 0.417 e. The third-order valence-corrected chi connectivity index (χ3v) is 5.58. The molecule has 166 valence electrons. The molecule has 1 saturated heterocycles. The van der Waals surface area contributed by atoms with E-state index in [1.54, 1.807) is 6.07 Å². The minimum Gasteiger partial charge on any atom is -0.348 e. The van der Waals surface area contributed by atoms with Crippen molar-refractivity contribution in [3.05, 3.63) is 70.2 Å². The molecule has 2 amide bonds. The summed E-state index contributed by atoms with van der Waals surface area (Å²) in [5.74, 6) is -0.834. The molecular weight excluding hydrogens is 431 g/mol. The highest BCUT2D eigenvalue weighted by Crippen LogP contribution is 2.32. The lowest BCUT2D eigenvalue weighted by Gasteiger charge is -2.35. The van der Waals surface area contributed by atoms with Crippen molar-refractivity contribution < 1.29 is 22.8 Å². The number of nitrogens with one attached hydrogen (secondary N) is 1. The molecular formula is C22H23ClF3N3O2. The molecule has 1 aliphatic heterocycles. The Labute approximate surface area is 183 Å². The Morgan fingerprint density at radius 3 is 2.29 bits per heavy atom. The molecule has 3 rings (SSSR count). The van der Waals surface area contributed by atoms with Crippen LogP contribution in [-0.2, 0) is 11.0 Å². The molecule has 0 spiro atoms. The zero-order chi connectivity index (χ0) is 22.6. The zero-order valence-corrected chi connectivity index (χ0v) is 17.7. The molecule has 1 heterocycles. The summed E-state index contributed by atoms with van der Waals surface area (Å²) < 4.78 is 39.6. The summed E-state index contributed by atoms with van der Waals surface area (Å²) in [6.07, 6.45) is -4.59. The van der Waals surface area contributed by atoms with Crippen LogP contribution in [0.1, 0.15) is 34.5 Å². The molecule has 0 radical (unpaired) electrons. The summed E-state index contributed by atoms with van der Waals surface area (Å²) in [6.45, 7) is 3.27. The van der Waals surface area contributed by atoms with Gasteiger partial charge >= 0.3 is 6.18 Å². The number of carbonyl (C=O) groups excluding carboxylic acids is 2. The molecule has 0 aromatic heterocycles. The van der Waals surface area contributed by atoms with Crippen molar-refractivity contribution >= 4 is 23.4 Å². The molecule has 0 aliphatic carbocycles.